The fourth-order valence-electron chi connectivity index (χ4n) is 0.903. The maximum absolute atomic E-state index is 4.92. The first-order valence-electron chi connectivity index (χ1n) is 4.12. The minimum Gasteiger partial charge on any atom is -0.467 e. The number of ether oxygens (including phenoxy) is 2. The molecule has 1 atom stereocenters. The van der Waals surface area contributed by atoms with E-state index in [-0.39, 0.29) is 12.0 Å². The van der Waals surface area contributed by atoms with E-state index in [0.29, 0.717) is 17.1 Å². The number of hydrogen-bond donors (Lipinski definition) is 0. The fraction of sp³-hybridized carbons (Fsp3) is 0.625. The molecule has 1 rings (SSSR count). The number of alkyl halides is 1. The van der Waals surface area contributed by atoms with Gasteiger partial charge in [-0.25, -0.2) is 0 Å². The van der Waals surface area contributed by atoms with Gasteiger partial charge in [0.25, 0.3) is 0 Å². The molecule has 1 unspecified atom stereocenters. The van der Waals surface area contributed by atoms with Crippen molar-refractivity contribution in [3.63, 3.8) is 0 Å². The van der Waals surface area contributed by atoms with Crippen molar-refractivity contribution in [2.45, 2.75) is 18.2 Å². The highest BCUT2D eigenvalue weighted by atomic mass is 79.9. The summed E-state index contributed by atoms with van der Waals surface area (Å²) in [5.41, 5.74) is 0. The van der Waals surface area contributed by atoms with Crippen LogP contribution in [0.25, 0.3) is 0 Å². The van der Waals surface area contributed by atoms with Crippen LogP contribution in [-0.4, -0.2) is 34.0 Å². The molecule has 1 heterocycles. The molecule has 1 aromatic heterocycles. The molecule has 0 saturated carbocycles. The summed E-state index contributed by atoms with van der Waals surface area (Å²) in [6.45, 7) is 2.02. The first-order valence-corrected chi connectivity index (χ1v) is 5.04. The van der Waals surface area contributed by atoms with E-state index in [2.05, 4.69) is 30.9 Å². The molecule has 0 spiro atoms. The Morgan fingerprint density at radius 2 is 1.64 bits per heavy atom. The molecule has 0 aliphatic heterocycles. The normalized spacial score (nSPS) is 12.3. The van der Waals surface area contributed by atoms with Gasteiger partial charge in [-0.3, -0.25) is 0 Å². The van der Waals surface area contributed by atoms with Crippen molar-refractivity contribution < 1.29 is 9.47 Å². The van der Waals surface area contributed by atoms with Crippen LogP contribution in [0.4, 0.5) is 0 Å². The quantitative estimate of drug-likeness (QED) is 0.763. The van der Waals surface area contributed by atoms with Gasteiger partial charge in [0.2, 0.25) is 0 Å². The van der Waals surface area contributed by atoms with Gasteiger partial charge in [-0.2, -0.15) is 9.97 Å². The first kappa shape index (κ1) is 11.2. The SMILES string of the molecule is COc1nc(CC(C)Br)nc(OC)n1. The molecule has 0 aliphatic carbocycles. The standard InChI is InChI=1S/C8H12BrN3O2/c1-5(9)4-6-10-7(13-2)12-8(11-6)14-3/h5H,4H2,1-3H3. The van der Waals surface area contributed by atoms with Crippen LogP contribution in [0.15, 0.2) is 0 Å². The minimum absolute atomic E-state index is 0.278. The largest absolute Gasteiger partial charge is 0.467 e. The summed E-state index contributed by atoms with van der Waals surface area (Å²) in [7, 11) is 3.02. The van der Waals surface area contributed by atoms with Crippen LogP contribution in [-0.2, 0) is 6.42 Å². The molecule has 0 bridgehead atoms. The van der Waals surface area contributed by atoms with Crippen LogP contribution < -0.4 is 9.47 Å². The van der Waals surface area contributed by atoms with Crippen LogP contribution in [0.1, 0.15) is 12.7 Å². The number of halogens is 1. The van der Waals surface area contributed by atoms with Crippen molar-refractivity contribution in [2.24, 2.45) is 0 Å². The molecule has 6 heteroatoms. The van der Waals surface area contributed by atoms with Gasteiger partial charge in [0.1, 0.15) is 5.82 Å². The third kappa shape index (κ3) is 3.10. The molecule has 5 nitrogen and oxygen atoms in total. The molecule has 1 aromatic rings. The Bertz CT molecular complexity index is 284. The molecule has 0 fully saturated rings. The second kappa shape index (κ2) is 5.09. The van der Waals surface area contributed by atoms with Crippen LogP contribution in [0, 0.1) is 0 Å². The highest BCUT2D eigenvalue weighted by molar-refractivity contribution is 9.09. The van der Waals surface area contributed by atoms with Crippen molar-refractivity contribution in [3.05, 3.63) is 5.82 Å². The van der Waals surface area contributed by atoms with Crippen LogP contribution >= 0.6 is 15.9 Å². The monoisotopic (exact) mass is 261 g/mol. The summed E-state index contributed by atoms with van der Waals surface area (Å²) < 4.78 is 9.84. The predicted molar refractivity (Wildman–Crippen MR) is 55.0 cm³/mol. The molecule has 0 N–H and O–H groups in total. The van der Waals surface area contributed by atoms with Crippen LogP contribution in [0.5, 0.6) is 12.0 Å². The molecular weight excluding hydrogens is 250 g/mol. The van der Waals surface area contributed by atoms with Gasteiger partial charge in [0.15, 0.2) is 0 Å². The van der Waals surface area contributed by atoms with Gasteiger partial charge in [-0.15, -0.1) is 4.98 Å². The lowest BCUT2D eigenvalue weighted by molar-refractivity contribution is 0.336. The molecule has 14 heavy (non-hydrogen) atoms. The Morgan fingerprint density at radius 1 is 1.14 bits per heavy atom. The maximum Gasteiger partial charge on any atom is 0.322 e. The van der Waals surface area contributed by atoms with Gasteiger partial charge in [-0.1, -0.05) is 22.9 Å². The van der Waals surface area contributed by atoms with Crippen molar-refractivity contribution in [2.75, 3.05) is 14.2 Å². The third-order valence-electron chi connectivity index (χ3n) is 1.47. The summed E-state index contributed by atoms with van der Waals surface area (Å²) in [6.07, 6.45) is 0.704. The van der Waals surface area contributed by atoms with Gasteiger partial charge in [0, 0.05) is 11.2 Å². The maximum atomic E-state index is 4.92. The number of nitrogens with zero attached hydrogens (tertiary/aromatic N) is 3. The number of methoxy groups -OCH3 is 2. The van der Waals surface area contributed by atoms with Crippen molar-refractivity contribution in [1.82, 2.24) is 15.0 Å². The van der Waals surface area contributed by atoms with E-state index in [1.807, 2.05) is 6.92 Å². The Balaban J connectivity index is 2.92. The zero-order valence-electron chi connectivity index (χ0n) is 8.32. The number of hydrogen-bond acceptors (Lipinski definition) is 5. The second-order valence-electron chi connectivity index (χ2n) is 2.71. The fourth-order valence-corrected chi connectivity index (χ4v) is 1.19. The van der Waals surface area contributed by atoms with Crippen LogP contribution in [0.3, 0.4) is 0 Å². The molecule has 78 valence electrons. The predicted octanol–water partition coefficient (Wildman–Crippen LogP) is 1.21. The lowest BCUT2D eigenvalue weighted by Crippen LogP contribution is -2.07. The van der Waals surface area contributed by atoms with Crippen molar-refractivity contribution >= 4 is 15.9 Å². The summed E-state index contributed by atoms with van der Waals surface area (Å²) >= 11 is 3.42. The van der Waals surface area contributed by atoms with E-state index in [4.69, 9.17) is 9.47 Å². The van der Waals surface area contributed by atoms with Gasteiger partial charge >= 0.3 is 12.0 Å². The molecule has 0 radical (unpaired) electrons. The average molecular weight is 262 g/mol. The summed E-state index contributed by atoms with van der Waals surface area (Å²) in [5.74, 6) is 0.651. The van der Waals surface area contributed by atoms with Gasteiger partial charge in [0.05, 0.1) is 14.2 Å². The summed E-state index contributed by atoms with van der Waals surface area (Å²) in [5, 5.41) is 0. The zero-order chi connectivity index (χ0) is 10.6. The topological polar surface area (TPSA) is 57.1 Å². The van der Waals surface area contributed by atoms with Gasteiger partial charge in [-0.05, 0) is 0 Å². The van der Waals surface area contributed by atoms with E-state index in [1.54, 1.807) is 0 Å². The van der Waals surface area contributed by atoms with E-state index in [9.17, 15) is 0 Å². The van der Waals surface area contributed by atoms with Crippen molar-refractivity contribution in [1.29, 1.82) is 0 Å². The smallest absolute Gasteiger partial charge is 0.322 e. The van der Waals surface area contributed by atoms with E-state index in [1.165, 1.54) is 14.2 Å². The highest BCUT2D eigenvalue weighted by Gasteiger charge is 2.08. The first-order chi connectivity index (χ1) is 6.65. The Hall–Kier alpha value is -0.910. The number of aromatic nitrogens is 3. The van der Waals surface area contributed by atoms with E-state index in [0.717, 1.165) is 0 Å². The lowest BCUT2D eigenvalue weighted by Gasteiger charge is -2.05. The summed E-state index contributed by atoms with van der Waals surface area (Å²) in [4.78, 5) is 12.4. The Morgan fingerprint density at radius 3 is 2.00 bits per heavy atom. The molecule has 0 amide bonds. The number of rotatable bonds is 4. The highest BCUT2D eigenvalue weighted by Crippen LogP contribution is 2.12. The molecule has 0 aliphatic rings. The molecular formula is C8H12BrN3O2. The lowest BCUT2D eigenvalue weighted by atomic mass is 10.3. The van der Waals surface area contributed by atoms with Crippen LogP contribution in [0.2, 0.25) is 0 Å². The molecule has 0 aromatic carbocycles. The zero-order valence-corrected chi connectivity index (χ0v) is 9.91. The average Bonchev–Trinajstić information content (AvgIpc) is 2.16. The minimum atomic E-state index is 0.278. The summed E-state index contributed by atoms with van der Waals surface area (Å²) in [6, 6.07) is 0.556. The second-order valence-corrected chi connectivity index (χ2v) is 4.27. The van der Waals surface area contributed by atoms with E-state index >= 15 is 0 Å². The van der Waals surface area contributed by atoms with Gasteiger partial charge < -0.3 is 9.47 Å². The Kier molecular flexibility index (Phi) is 4.06. The Labute approximate surface area is 91.0 Å². The molecule has 0 saturated heterocycles. The van der Waals surface area contributed by atoms with Crippen molar-refractivity contribution in [3.8, 4) is 12.0 Å². The van der Waals surface area contributed by atoms with E-state index < -0.39 is 0 Å². The third-order valence-corrected chi connectivity index (χ3v) is 1.79.